The minimum Gasteiger partial charge on any atom is -0.358 e. The van der Waals surface area contributed by atoms with E-state index in [4.69, 9.17) is 4.84 Å². The summed E-state index contributed by atoms with van der Waals surface area (Å²) in [5, 5.41) is 1.89. The molecule has 1 amide bonds. The first-order chi connectivity index (χ1) is 7.27. The van der Waals surface area contributed by atoms with Crippen LogP contribution in [-0.4, -0.2) is 10.9 Å². The van der Waals surface area contributed by atoms with Crippen LogP contribution in [0.15, 0.2) is 36.5 Å². The van der Waals surface area contributed by atoms with Crippen LogP contribution in [0.25, 0.3) is 10.8 Å². The molecule has 4 nitrogen and oxygen atoms in total. The number of carbonyl (C=O) groups excluding carboxylic acids is 1. The summed E-state index contributed by atoms with van der Waals surface area (Å²) in [5.41, 5.74) is 2.25. The van der Waals surface area contributed by atoms with E-state index in [1.54, 1.807) is 6.20 Å². The third kappa shape index (κ3) is 2.04. The van der Waals surface area contributed by atoms with Gasteiger partial charge in [-0.05, 0) is 17.5 Å². The molecule has 4 heteroatoms. The van der Waals surface area contributed by atoms with Gasteiger partial charge in [-0.25, -0.2) is 4.98 Å². The molecule has 2 aromatic rings. The summed E-state index contributed by atoms with van der Waals surface area (Å²) in [7, 11) is 0. The summed E-state index contributed by atoms with van der Waals surface area (Å²) in [5.74, 6) is 0.146. The predicted molar refractivity (Wildman–Crippen MR) is 56.2 cm³/mol. The Labute approximate surface area is 86.8 Å². The molecule has 0 saturated carbocycles. The molecule has 1 aromatic carbocycles. The van der Waals surface area contributed by atoms with E-state index in [2.05, 4.69) is 10.5 Å². The number of rotatable bonds is 2. The largest absolute Gasteiger partial charge is 0.358 e. The molecule has 76 valence electrons. The van der Waals surface area contributed by atoms with Crippen molar-refractivity contribution in [2.45, 2.75) is 6.92 Å². The molecule has 0 atom stereocenters. The van der Waals surface area contributed by atoms with Gasteiger partial charge in [0.05, 0.1) is 0 Å². The second-order valence-electron chi connectivity index (χ2n) is 3.10. The number of carbonyl (C=O) groups is 1. The lowest BCUT2D eigenvalue weighted by Crippen LogP contribution is -2.24. The van der Waals surface area contributed by atoms with Crippen LogP contribution >= 0.6 is 0 Å². The van der Waals surface area contributed by atoms with Crippen molar-refractivity contribution in [3.05, 3.63) is 36.5 Å². The highest BCUT2D eigenvalue weighted by Gasteiger charge is 2.03. The summed E-state index contributed by atoms with van der Waals surface area (Å²) >= 11 is 0. The third-order valence-electron chi connectivity index (χ3n) is 1.93. The molecule has 15 heavy (non-hydrogen) atoms. The normalized spacial score (nSPS) is 9.93. The number of benzene rings is 1. The Morgan fingerprint density at radius 1 is 1.33 bits per heavy atom. The topological polar surface area (TPSA) is 51.2 Å². The highest BCUT2D eigenvalue weighted by atomic mass is 16.7. The van der Waals surface area contributed by atoms with Crippen molar-refractivity contribution in [2.24, 2.45) is 0 Å². The smallest absolute Gasteiger partial charge is 0.253 e. The monoisotopic (exact) mass is 202 g/mol. The SMILES string of the molecule is CC(=O)NOc1nccc2ccccc12. The molecule has 1 heterocycles. The summed E-state index contributed by atoms with van der Waals surface area (Å²) in [6.07, 6.45) is 1.64. The first kappa shape index (κ1) is 9.45. The van der Waals surface area contributed by atoms with E-state index in [0.717, 1.165) is 10.8 Å². The van der Waals surface area contributed by atoms with Gasteiger partial charge in [-0.15, -0.1) is 0 Å². The van der Waals surface area contributed by atoms with Crippen LogP contribution in [-0.2, 0) is 4.79 Å². The average Bonchev–Trinajstić information content (AvgIpc) is 2.26. The number of nitrogens with one attached hydrogen (secondary N) is 1. The fraction of sp³-hybridized carbons (Fsp3) is 0.0909. The first-order valence-corrected chi connectivity index (χ1v) is 4.54. The molecule has 1 aromatic heterocycles. The van der Waals surface area contributed by atoms with Crippen LogP contribution in [0.3, 0.4) is 0 Å². The van der Waals surface area contributed by atoms with Crippen LogP contribution in [0.1, 0.15) is 6.92 Å². The van der Waals surface area contributed by atoms with E-state index in [1.165, 1.54) is 6.92 Å². The lowest BCUT2D eigenvalue weighted by atomic mass is 10.2. The van der Waals surface area contributed by atoms with Crippen molar-refractivity contribution in [1.29, 1.82) is 0 Å². The zero-order valence-corrected chi connectivity index (χ0v) is 8.23. The number of aromatic nitrogens is 1. The van der Waals surface area contributed by atoms with Gasteiger partial charge in [0.2, 0.25) is 5.91 Å². The molecule has 1 N–H and O–H groups in total. The maximum atomic E-state index is 10.7. The van der Waals surface area contributed by atoms with Crippen molar-refractivity contribution < 1.29 is 9.63 Å². The van der Waals surface area contributed by atoms with Gasteiger partial charge >= 0.3 is 0 Å². The maximum absolute atomic E-state index is 10.7. The number of hydrogen-bond acceptors (Lipinski definition) is 3. The first-order valence-electron chi connectivity index (χ1n) is 4.54. The second-order valence-corrected chi connectivity index (χ2v) is 3.10. The lowest BCUT2D eigenvalue weighted by Gasteiger charge is -2.06. The van der Waals surface area contributed by atoms with E-state index >= 15 is 0 Å². The van der Waals surface area contributed by atoms with Crippen molar-refractivity contribution in [2.75, 3.05) is 0 Å². The Bertz CT molecular complexity index is 491. The van der Waals surface area contributed by atoms with E-state index in [0.29, 0.717) is 5.88 Å². The minimum absolute atomic E-state index is 0.260. The molecule has 0 spiro atoms. The third-order valence-corrected chi connectivity index (χ3v) is 1.93. The molecular formula is C11H10N2O2. The summed E-state index contributed by atoms with van der Waals surface area (Å²) < 4.78 is 0. The molecular weight excluding hydrogens is 192 g/mol. The van der Waals surface area contributed by atoms with Gasteiger partial charge in [0.15, 0.2) is 0 Å². The Balaban J connectivity index is 2.38. The lowest BCUT2D eigenvalue weighted by molar-refractivity contribution is -0.125. The summed E-state index contributed by atoms with van der Waals surface area (Å²) in [4.78, 5) is 19.8. The van der Waals surface area contributed by atoms with Crippen molar-refractivity contribution in [3.8, 4) is 5.88 Å². The van der Waals surface area contributed by atoms with Crippen LogP contribution in [0, 0.1) is 0 Å². The Morgan fingerprint density at radius 3 is 2.93 bits per heavy atom. The van der Waals surface area contributed by atoms with Crippen molar-refractivity contribution >= 4 is 16.7 Å². The predicted octanol–water partition coefficient (Wildman–Crippen LogP) is 1.66. The Morgan fingerprint density at radius 2 is 2.13 bits per heavy atom. The molecule has 0 bridgehead atoms. The molecule has 2 rings (SSSR count). The van der Waals surface area contributed by atoms with Gasteiger partial charge in [-0.3, -0.25) is 4.79 Å². The van der Waals surface area contributed by atoms with E-state index in [1.807, 2.05) is 30.3 Å². The quantitative estimate of drug-likeness (QED) is 0.753. The van der Waals surface area contributed by atoms with Crippen molar-refractivity contribution in [1.82, 2.24) is 10.5 Å². The molecule has 0 aliphatic rings. The Kier molecular flexibility index (Phi) is 2.49. The standard InChI is InChI=1S/C11H10N2O2/c1-8(14)13-15-11-10-5-3-2-4-9(10)6-7-12-11/h2-7H,1H3,(H,13,14). The molecule has 0 fully saturated rings. The van der Waals surface area contributed by atoms with Gasteiger partial charge < -0.3 is 4.84 Å². The molecule has 0 saturated heterocycles. The minimum atomic E-state index is -0.260. The van der Waals surface area contributed by atoms with Crippen LogP contribution in [0.5, 0.6) is 5.88 Å². The Hall–Kier alpha value is -2.10. The molecule has 0 aliphatic carbocycles. The van der Waals surface area contributed by atoms with Crippen LogP contribution in [0.4, 0.5) is 0 Å². The van der Waals surface area contributed by atoms with Gasteiger partial charge in [0.1, 0.15) is 0 Å². The fourth-order valence-corrected chi connectivity index (χ4v) is 1.29. The van der Waals surface area contributed by atoms with E-state index in [-0.39, 0.29) is 5.91 Å². The zero-order chi connectivity index (χ0) is 10.7. The van der Waals surface area contributed by atoms with Crippen LogP contribution in [0.2, 0.25) is 0 Å². The van der Waals surface area contributed by atoms with Gasteiger partial charge in [-0.2, -0.15) is 5.48 Å². The number of hydrogen-bond donors (Lipinski definition) is 1. The number of amides is 1. The van der Waals surface area contributed by atoms with E-state index < -0.39 is 0 Å². The average molecular weight is 202 g/mol. The van der Waals surface area contributed by atoms with Crippen molar-refractivity contribution in [3.63, 3.8) is 0 Å². The highest BCUT2D eigenvalue weighted by Crippen LogP contribution is 2.21. The summed E-state index contributed by atoms with van der Waals surface area (Å²) in [6.45, 7) is 1.38. The number of pyridine rings is 1. The number of hydroxylamine groups is 1. The van der Waals surface area contributed by atoms with E-state index in [9.17, 15) is 4.79 Å². The van der Waals surface area contributed by atoms with Gasteiger partial charge in [0.25, 0.3) is 5.88 Å². The van der Waals surface area contributed by atoms with Crippen LogP contribution < -0.4 is 10.3 Å². The second kappa shape index (κ2) is 3.96. The summed E-state index contributed by atoms with van der Waals surface area (Å²) in [6, 6.07) is 9.56. The van der Waals surface area contributed by atoms with Gasteiger partial charge in [-0.1, -0.05) is 18.2 Å². The van der Waals surface area contributed by atoms with Gasteiger partial charge in [0, 0.05) is 18.5 Å². The number of nitrogens with zero attached hydrogens (tertiary/aromatic N) is 1. The maximum Gasteiger partial charge on any atom is 0.253 e. The zero-order valence-electron chi connectivity index (χ0n) is 8.23. The highest BCUT2D eigenvalue weighted by molar-refractivity contribution is 5.86. The molecule has 0 unspecified atom stereocenters. The molecule has 0 aliphatic heterocycles. The number of fused-ring (bicyclic) bond motifs is 1. The fourth-order valence-electron chi connectivity index (χ4n) is 1.29. The molecule has 0 radical (unpaired) electrons.